The van der Waals surface area contributed by atoms with Gasteiger partial charge in [-0.2, -0.15) is 5.10 Å². The zero-order chi connectivity index (χ0) is 17.1. The van der Waals surface area contributed by atoms with Gasteiger partial charge >= 0.3 is 6.03 Å². The highest BCUT2D eigenvalue weighted by molar-refractivity contribution is 6.30. The average molecular weight is 350 g/mol. The lowest BCUT2D eigenvalue weighted by Gasteiger charge is -2.25. The SMILES string of the molecule is Cc1nc2n(n1)CC(NC(=O)NC(CO)c1ccc(Cl)cc1)CC2. The number of amides is 2. The van der Waals surface area contributed by atoms with Gasteiger partial charge in [-0.05, 0) is 31.0 Å². The molecular formula is C16H20ClN5O2. The first-order valence-corrected chi connectivity index (χ1v) is 8.26. The zero-order valence-electron chi connectivity index (χ0n) is 13.4. The molecule has 1 aliphatic heterocycles. The van der Waals surface area contributed by atoms with Gasteiger partial charge in [0.1, 0.15) is 11.6 Å². The minimum absolute atomic E-state index is 0.0110. The molecule has 0 spiro atoms. The highest BCUT2D eigenvalue weighted by atomic mass is 35.5. The highest BCUT2D eigenvalue weighted by Crippen LogP contribution is 2.17. The Morgan fingerprint density at radius 3 is 2.92 bits per heavy atom. The molecule has 128 valence electrons. The lowest BCUT2D eigenvalue weighted by atomic mass is 10.1. The number of halogens is 1. The fourth-order valence-corrected chi connectivity index (χ4v) is 2.99. The van der Waals surface area contributed by atoms with Crippen molar-refractivity contribution < 1.29 is 9.90 Å². The Labute approximate surface area is 145 Å². The Balaban J connectivity index is 1.58. The van der Waals surface area contributed by atoms with Crippen LogP contribution in [0.15, 0.2) is 24.3 Å². The maximum absolute atomic E-state index is 12.2. The van der Waals surface area contributed by atoms with E-state index in [-0.39, 0.29) is 18.7 Å². The number of rotatable bonds is 4. The molecule has 1 aromatic carbocycles. The van der Waals surface area contributed by atoms with Gasteiger partial charge in [-0.15, -0.1) is 0 Å². The third-order valence-electron chi connectivity index (χ3n) is 4.06. The van der Waals surface area contributed by atoms with Gasteiger partial charge in [0.15, 0.2) is 0 Å². The number of carbonyl (C=O) groups excluding carboxylic acids is 1. The Hall–Kier alpha value is -2.12. The summed E-state index contributed by atoms with van der Waals surface area (Å²) in [5, 5.41) is 20.2. The van der Waals surface area contributed by atoms with Crippen LogP contribution < -0.4 is 10.6 Å². The number of fused-ring (bicyclic) bond motifs is 1. The maximum atomic E-state index is 12.2. The van der Waals surface area contributed by atoms with Crippen molar-refractivity contribution in [2.75, 3.05) is 6.61 Å². The second-order valence-electron chi connectivity index (χ2n) is 5.90. The number of benzene rings is 1. The van der Waals surface area contributed by atoms with E-state index < -0.39 is 6.04 Å². The summed E-state index contributed by atoms with van der Waals surface area (Å²) < 4.78 is 1.84. The first kappa shape index (κ1) is 16.7. The molecule has 8 heteroatoms. The van der Waals surface area contributed by atoms with Crippen molar-refractivity contribution in [1.82, 2.24) is 25.4 Å². The molecule has 1 aromatic heterocycles. The molecule has 3 N–H and O–H groups in total. The van der Waals surface area contributed by atoms with Crippen LogP contribution >= 0.6 is 11.6 Å². The van der Waals surface area contributed by atoms with Gasteiger partial charge in [0.2, 0.25) is 0 Å². The summed E-state index contributed by atoms with van der Waals surface area (Å²) >= 11 is 5.86. The van der Waals surface area contributed by atoms with Crippen molar-refractivity contribution in [3.63, 3.8) is 0 Å². The monoisotopic (exact) mass is 349 g/mol. The van der Waals surface area contributed by atoms with Crippen LogP contribution in [0.5, 0.6) is 0 Å². The highest BCUT2D eigenvalue weighted by Gasteiger charge is 2.23. The Morgan fingerprint density at radius 1 is 1.46 bits per heavy atom. The molecule has 0 aliphatic carbocycles. The first-order chi connectivity index (χ1) is 11.5. The standard InChI is InChI=1S/C16H20ClN5O2/c1-10-18-15-7-6-13(8-22(15)21-10)19-16(24)20-14(9-23)11-2-4-12(17)5-3-11/h2-5,13-14,23H,6-9H2,1H3,(H2,19,20,24). The fraction of sp³-hybridized carbons (Fsp3) is 0.438. The minimum atomic E-state index is -0.477. The summed E-state index contributed by atoms with van der Waals surface area (Å²) in [6.07, 6.45) is 1.60. The van der Waals surface area contributed by atoms with Crippen molar-refractivity contribution in [3.05, 3.63) is 46.5 Å². The number of aryl methyl sites for hydroxylation is 2. The Kier molecular flexibility index (Phi) is 5.01. The predicted molar refractivity (Wildman–Crippen MR) is 89.8 cm³/mol. The molecule has 0 saturated carbocycles. The average Bonchev–Trinajstić information content (AvgIpc) is 2.93. The third-order valence-corrected chi connectivity index (χ3v) is 4.31. The van der Waals surface area contributed by atoms with Crippen LogP contribution in [0.1, 0.15) is 29.7 Å². The van der Waals surface area contributed by atoms with Crippen LogP contribution in [0.4, 0.5) is 4.79 Å². The van der Waals surface area contributed by atoms with E-state index >= 15 is 0 Å². The van der Waals surface area contributed by atoms with E-state index in [1.165, 1.54) is 0 Å². The van der Waals surface area contributed by atoms with Crippen molar-refractivity contribution in [2.24, 2.45) is 0 Å². The van der Waals surface area contributed by atoms with E-state index in [1.807, 2.05) is 11.6 Å². The normalized spacial score (nSPS) is 17.9. The molecule has 2 amide bonds. The van der Waals surface area contributed by atoms with Crippen LogP contribution in [0.3, 0.4) is 0 Å². The number of carbonyl (C=O) groups is 1. The van der Waals surface area contributed by atoms with Gasteiger partial charge in [0, 0.05) is 11.4 Å². The van der Waals surface area contributed by atoms with Gasteiger partial charge in [-0.25, -0.2) is 14.5 Å². The van der Waals surface area contributed by atoms with E-state index in [9.17, 15) is 9.90 Å². The number of nitrogens with one attached hydrogen (secondary N) is 2. The largest absolute Gasteiger partial charge is 0.394 e. The van der Waals surface area contributed by atoms with E-state index in [0.29, 0.717) is 11.6 Å². The smallest absolute Gasteiger partial charge is 0.315 e. The number of aliphatic hydroxyl groups is 1. The van der Waals surface area contributed by atoms with Gasteiger partial charge in [0.05, 0.1) is 25.2 Å². The topological polar surface area (TPSA) is 92.1 Å². The van der Waals surface area contributed by atoms with Crippen LogP contribution in [-0.4, -0.2) is 38.6 Å². The van der Waals surface area contributed by atoms with Gasteiger partial charge < -0.3 is 15.7 Å². The molecule has 7 nitrogen and oxygen atoms in total. The number of aliphatic hydroxyl groups excluding tert-OH is 1. The minimum Gasteiger partial charge on any atom is -0.394 e. The summed E-state index contributed by atoms with van der Waals surface area (Å²) in [4.78, 5) is 16.6. The number of urea groups is 1. The summed E-state index contributed by atoms with van der Waals surface area (Å²) in [6.45, 7) is 2.28. The van der Waals surface area contributed by atoms with Crippen LogP contribution in [0.25, 0.3) is 0 Å². The molecule has 24 heavy (non-hydrogen) atoms. The molecule has 0 saturated heterocycles. The molecule has 2 atom stereocenters. The number of nitrogens with zero attached hydrogens (tertiary/aromatic N) is 3. The van der Waals surface area contributed by atoms with Crippen LogP contribution in [0.2, 0.25) is 5.02 Å². The second kappa shape index (κ2) is 7.19. The van der Waals surface area contributed by atoms with Gasteiger partial charge in [-0.1, -0.05) is 23.7 Å². The molecule has 2 heterocycles. The second-order valence-corrected chi connectivity index (χ2v) is 6.33. The summed E-state index contributed by atoms with van der Waals surface area (Å²) in [5.74, 6) is 1.71. The van der Waals surface area contributed by atoms with Gasteiger partial charge in [0.25, 0.3) is 0 Å². The van der Waals surface area contributed by atoms with Crippen LogP contribution in [0, 0.1) is 6.92 Å². The van der Waals surface area contributed by atoms with Crippen molar-refractivity contribution >= 4 is 17.6 Å². The predicted octanol–water partition coefficient (Wildman–Crippen LogP) is 1.59. The number of hydrogen-bond acceptors (Lipinski definition) is 4. The van der Waals surface area contributed by atoms with Crippen molar-refractivity contribution in [3.8, 4) is 0 Å². The van der Waals surface area contributed by atoms with E-state index in [0.717, 1.165) is 30.1 Å². The molecule has 0 radical (unpaired) electrons. The molecule has 3 rings (SSSR count). The molecule has 0 fully saturated rings. The van der Waals surface area contributed by atoms with E-state index in [4.69, 9.17) is 11.6 Å². The fourth-order valence-electron chi connectivity index (χ4n) is 2.87. The molecule has 2 unspecified atom stereocenters. The van der Waals surface area contributed by atoms with Crippen molar-refractivity contribution in [2.45, 2.75) is 38.4 Å². The van der Waals surface area contributed by atoms with Gasteiger partial charge in [-0.3, -0.25) is 0 Å². The number of hydrogen-bond donors (Lipinski definition) is 3. The lowest BCUT2D eigenvalue weighted by molar-refractivity contribution is 0.210. The van der Waals surface area contributed by atoms with Crippen molar-refractivity contribution in [1.29, 1.82) is 0 Å². The molecule has 2 aromatic rings. The van der Waals surface area contributed by atoms with E-state index in [1.54, 1.807) is 24.3 Å². The zero-order valence-corrected chi connectivity index (χ0v) is 14.1. The summed E-state index contributed by atoms with van der Waals surface area (Å²) in [6, 6.07) is 6.24. The molecule has 1 aliphatic rings. The summed E-state index contributed by atoms with van der Waals surface area (Å²) in [5.41, 5.74) is 0.801. The van der Waals surface area contributed by atoms with E-state index in [2.05, 4.69) is 20.7 Å². The lowest BCUT2D eigenvalue weighted by Crippen LogP contribution is -2.47. The quantitative estimate of drug-likeness (QED) is 0.781. The third kappa shape index (κ3) is 3.85. The summed E-state index contributed by atoms with van der Waals surface area (Å²) in [7, 11) is 0. The molecule has 0 bridgehead atoms. The first-order valence-electron chi connectivity index (χ1n) is 7.89. The number of aromatic nitrogens is 3. The Bertz CT molecular complexity index is 716. The van der Waals surface area contributed by atoms with Crippen LogP contribution in [-0.2, 0) is 13.0 Å². The maximum Gasteiger partial charge on any atom is 0.315 e. The Morgan fingerprint density at radius 2 is 2.21 bits per heavy atom. The molecular weight excluding hydrogens is 330 g/mol.